The van der Waals surface area contributed by atoms with Crippen molar-refractivity contribution >= 4 is 5.97 Å². The molecule has 0 bridgehead atoms. The molecule has 0 unspecified atom stereocenters. The third kappa shape index (κ3) is 3.68. The minimum atomic E-state index is -5.08. The highest BCUT2D eigenvalue weighted by molar-refractivity contribution is 5.74. The Balaban J connectivity index is 4.22. The number of carboxylic acid groups (broad SMARTS) is 1. The van der Waals surface area contributed by atoms with Crippen molar-refractivity contribution in [3.63, 3.8) is 0 Å². The van der Waals surface area contributed by atoms with Gasteiger partial charge in [-0.3, -0.25) is 0 Å². The first-order valence-electron chi connectivity index (χ1n) is 4.72. The van der Waals surface area contributed by atoms with E-state index < -0.39 is 24.2 Å². The van der Waals surface area contributed by atoms with Crippen molar-refractivity contribution in [2.45, 2.75) is 50.9 Å². The van der Waals surface area contributed by atoms with Gasteiger partial charge in [0.15, 0.2) is 0 Å². The minimum absolute atomic E-state index is 0.121. The van der Waals surface area contributed by atoms with E-state index in [-0.39, 0.29) is 6.42 Å². The number of aliphatic carboxylic acids is 1. The number of carbonyl (C=O) groups is 1. The van der Waals surface area contributed by atoms with E-state index in [1.807, 2.05) is 6.92 Å². The molecule has 0 aromatic carbocycles. The fourth-order valence-electron chi connectivity index (χ4n) is 1.08. The summed E-state index contributed by atoms with van der Waals surface area (Å²) in [5.74, 6) is -12.6. The highest BCUT2D eigenvalue weighted by Gasteiger charge is 2.56. The normalized spacial score (nSPS) is 12.9. The summed E-state index contributed by atoms with van der Waals surface area (Å²) in [6, 6.07) is 0. The standard InChI is InChI=1S/C9H14F4O2/c1-2-3-4-5-6-8(10,11)9(12,13)7(14)15/h2-6H2,1H3,(H,14,15)/p-1. The van der Waals surface area contributed by atoms with Crippen LogP contribution in [0.15, 0.2) is 0 Å². The third-order valence-electron chi connectivity index (χ3n) is 2.06. The van der Waals surface area contributed by atoms with Gasteiger partial charge >= 0.3 is 11.8 Å². The summed E-state index contributed by atoms with van der Waals surface area (Å²) in [5, 5.41) is 9.82. The predicted molar refractivity (Wildman–Crippen MR) is 43.7 cm³/mol. The lowest BCUT2D eigenvalue weighted by molar-refractivity contribution is -0.348. The van der Waals surface area contributed by atoms with E-state index in [0.29, 0.717) is 12.8 Å². The maximum Gasteiger partial charge on any atom is 0.349 e. The molecule has 0 aliphatic rings. The SMILES string of the molecule is CCCCCCC(F)(F)C(F)(F)C(=O)[O-]. The first-order chi connectivity index (χ1) is 6.75. The summed E-state index contributed by atoms with van der Waals surface area (Å²) >= 11 is 0. The van der Waals surface area contributed by atoms with Crippen LogP contribution in [0.1, 0.15) is 39.0 Å². The van der Waals surface area contributed by atoms with Gasteiger partial charge in [0.05, 0.1) is 0 Å². The zero-order chi connectivity index (χ0) is 12.1. The maximum absolute atomic E-state index is 12.7. The lowest BCUT2D eigenvalue weighted by Crippen LogP contribution is -2.53. The second kappa shape index (κ2) is 5.32. The number of alkyl halides is 4. The van der Waals surface area contributed by atoms with Gasteiger partial charge < -0.3 is 9.90 Å². The molecule has 0 radical (unpaired) electrons. The van der Waals surface area contributed by atoms with Gasteiger partial charge in [-0.2, -0.15) is 17.6 Å². The van der Waals surface area contributed by atoms with E-state index in [0.717, 1.165) is 6.42 Å². The van der Waals surface area contributed by atoms with Crippen LogP contribution >= 0.6 is 0 Å². The molecule has 0 aliphatic carbocycles. The van der Waals surface area contributed by atoms with Gasteiger partial charge in [0, 0.05) is 6.42 Å². The predicted octanol–water partition coefficient (Wildman–Crippen LogP) is 1.98. The van der Waals surface area contributed by atoms with Gasteiger partial charge in [-0.05, 0) is 6.42 Å². The quantitative estimate of drug-likeness (QED) is 0.494. The molecule has 0 spiro atoms. The van der Waals surface area contributed by atoms with Crippen LogP contribution in [0.25, 0.3) is 0 Å². The van der Waals surface area contributed by atoms with Gasteiger partial charge in [-0.1, -0.05) is 26.2 Å². The highest BCUT2D eigenvalue weighted by Crippen LogP contribution is 2.37. The molecule has 0 saturated carbocycles. The number of hydrogen-bond donors (Lipinski definition) is 0. The molecular weight excluding hydrogens is 216 g/mol. The second-order valence-electron chi connectivity index (χ2n) is 3.38. The molecule has 6 heteroatoms. The number of carbonyl (C=O) groups excluding carboxylic acids is 1. The van der Waals surface area contributed by atoms with Crippen molar-refractivity contribution in [1.82, 2.24) is 0 Å². The maximum atomic E-state index is 12.7. The van der Waals surface area contributed by atoms with E-state index in [9.17, 15) is 27.5 Å². The Morgan fingerprint density at radius 3 is 2.07 bits per heavy atom. The van der Waals surface area contributed by atoms with Crippen LogP contribution in [-0.4, -0.2) is 17.8 Å². The molecule has 0 heterocycles. The van der Waals surface area contributed by atoms with Gasteiger partial charge in [0.1, 0.15) is 5.97 Å². The van der Waals surface area contributed by atoms with Crippen LogP contribution in [0, 0.1) is 0 Å². The van der Waals surface area contributed by atoms with Gasteiger partial charge in [0.25, 0.3) is 0 Å². The Kier molecular flexibility index (Phi) is 5.03. The summed E-state index contributed by atoms with van der Waals surface area (Å²) in [7, 11) is 0. The molecular formula is C9H13F4O2-. The summed E-state index contributed by atoms with van der Waals surface area (Å²) in [4.78, 5) is 9.82. The minimum Gasteiger partial charge on any atom is -0.544 e. The largest absolute Gasteiger partial charge is 0.544 e. The zero-order valence-electron chi connectivity index (χ0n) is 8.36. The van der Waals surface area contributed by atoms with E-state index >= 15 is 0 Å². The lowest BCUT2D eigenvalue weighted by atomic mass is 10.0. The summed E-state index contributed by atoms with van der Waals surface area (Å²) in [6.45, 7) is 1.84. The summed E-state index contributed by atoms with van der Waals surface area (Å²) in [5.41, 5.74) is 0. The molecule has 90 valence electrons. The molecule has 2 nitrogen and oxygen atoms in total. The number of carboxylic acids is 1. The lowest BCUT2D eigenvalue weighted by Gasteiger charge is -2.26. The number of halogens is 4. The number of hydrogen-bond acceptors (Lipinski definition) is 2. The van der Waals surface area contributed by atoms with Crippen molar-refractivity contribution in [1.29, 1.82) is 0 Å². The Bertz CT molecular complexity index is 216. The van der Waals surface area contributed by atoms with Gasteiger partial charge in [0.2, 0.25) is 0 Å². The van der Waals surface area contributed by atoms with Crippen LogP contribution in [-0.2, 0) is 4.79 Å². The molecule has 0 saturated heterocycles. The molecule has 0 amide bonds. The Morgan fingerprint density at radius 2 is 1.67 bits per heavy atom. The fraction of sp³-hybridized carbons (Fsp3) is 0.889. The molecule has 15 heavy (non-hydrogen) atoms. The first-order valence-corrected chi connectivity index (χ1v) is 4.72. The average molecular weight is 229 g/mol. The number of rotatable bonds is 7. The molecule has 0 aromatic rings. The van der Waals surface area contributed by atoms with Crippen molar-refractivity contribution in [3.8, 4) is 0 Å². The molecule has 0 aromatic heterocycles. The Labute approximate surface area is 85.3 Å². The van der Waals surface area contributed by atoms with Crippen LogP contribution in [0.2, 0.25) is 0 Å². The topological polar surface area (TPSA) is 40.1 Å². The van der Waals surface area contributed by atoms with Crippen LogP contribution in [0.3, 0.4) is 0 Å². The van der Waals surface area contributed by atoms with Gasteiger partial charge in [-0.15, -0.1) is 0 Å². The van der Waals surface area contributed by atoms with E-state index in [2.05, 4.69) is 0 Å². The molecule has 0 rings (SSSR count). The van der Waals surface area contributed by atoms with Crippen LogP contribution in [0.4, 0.5) is 17.6 Å². The summed E-state index contributed by atoms with van der Waals surface area (Å²) < 4.78 is 50.3. The van der Waals surface area contributed by atoms with Crippen molar-refractivity contribution in [3.05, 3.63) is 0 Å². The zero-order valence-corrected chi connectivity index (χ0v) is 8.36. The van der Waals surface area contributed by atoms with Crippen LogP contribution < -0.4 is 5.11 Å². The van der Waals surface area contributed by atoms with Crippen molar-refractivity contribution in [2.75, 3.05) is 0 Å². The van der Waals surface area contributed by atoms with E-state index in [4.69, 9.17) is 0 Å². The van der Waals surface area contributed by atoms with Crippen molar-refractivity contribution < 1.29 is 27.5 Å². The van der Waals surface area contributed by atoms with E-state index in [1.165, 1.54) is 0 Å². The molecule has 0 atom stereocenters. The van der Waals surface area contributed by atoms with Crippen LogP contribution in [0.5, 0.6) is 0 Å². The average Bonchev–Trinajstić information content (AvgIpc) is 2.12. The van der Waals surface area contributed by atoms with E-state index in [1.54, 1.807) is 0 Å². The molecule has 0 fully saturated rings. The molecule has 0 aliphatic heterocycles. The monoisotopic (exact) mass is 229 g/mol. The Morgan fingerprint density at radius 1 is 1.13 bits per heavy atom. The second-order valence-corrected chi connectivity index (χ2v) is 3.38. The molecule has 0 N–H and O–H groups in total. The summed E-state index contributed by atoms with van der Waals surface area (Å²) in [6.07, 6.45) is 0.572. The highest BCUT2D eigenvalue weighted by atomic mass is 19.3. The Hall–Kier alpha value is -0.810. The van der Waals surface area contributed by atoms with Crippen molar-refractivity contribution in [2.24, 2.45) is 0 Å². The fourth-order valence-corrected chi connectivity index (χ4v) is 1.08. The van der Waals surface area contributed by atoms with Gasteiger partial charge in [-0.25, -0.2) is 0 Å². The third-order valence-corrected chi connectivity index (χ3v) is 2.06. The smallest absolute Gasteiger partial charge is 0.349 e. The first kappa shape index (κ1) is 14.2. The number of unbranched alkanes of at least 4 members (excludes halogenated alkanes) is 3.